The number of nitrogens with one attached hydrogen (secondary N) is 1. The first-order valence-electron chi connectivity index (χ1n) is 42.7. The van der Waals surface area contributed by atoms with Crippen molar-refractivity contribution in [2.24, 2.45) is 0 Å². The van der Waals surface area contributed by atoms with Crippen LogP contribution in [0.2, 0.25) is 0 Å². The molecule has 3 aliphatic rings. The van der Waals surface area contributed by atoms with E-state index < -0.39 is 124 Å². The zero-order valence-electron chi connectivity index (χ0n) is 65.1. The van der Waals surface area contributed by atoms with Gasteiger partial charge in [-0.25, -0.2) is 0 Å². The number of carbonyl (C=O) groups excluding carboxylic acids is 1. The maximum atomic E-state index is 13.5. The first-order chi connectivity index (χ1) is 50.3. The first kappa shape index (κ1) is 95.2. The summed E-state index contributed by atoms with van der Waals surface area (Å²) in [6, 6.07) is -0.885. The highest BCUT2D eigenvalue weighted by Crippen LogP contribution is 2.33. The van der Waals surface area contributed by atoms with E-state index in [1.807, 2.05) is 0 Å². The Kier molecular flexibility index (Phi) is 59.9. The Labute approximate surface area is 625 Å². The van der Waals surface area contributed by atoms with Crippen LogP contribution < -0.4 is 5.32 Å². The number of aliphatic hydroxyl groups is 11. The summed E-state index contributed by atoms with van der Waals surface area (Å²) >= 11 is 0. The number of aliphatic hydroxyl groups excluding tert-OH is 11. The van der Waals surface area contributed by atoms with Gasteiger partial charge in [0.15, 0.2) is 18.9 Å². The quantitative estimate of drug-likeness (QED) is 0.0199. The third-order valence-corrected chi connectivity index (χ3v) is 21.5. The van der Waals surface area contributed by atoms with E-state index in [4.69, 9.17) is 28.4 Å². The van der Waals surface area contributed by atoms with E-state index in [-0.39, 0.29) is 18.9 Å². The molecular formula is C84H157NO18. The average Bonchev–Trinajstić information content (AvgIpc) is 0.782. The van der Waals surface area contributed by atoms with Gasteiger partial charge in [0.2, 0.25) is 5.91 Å². The summed E-state index contributed by atoms with van der Waals surface area (Å²) in [7, 11) is 0. The second-order valence-electron chi connectivity index (χ2n) is 30.7. The summed E-state index contributed by atoms with van der Waals surface area (Å²) in [4.78, 5) is 13.5. The van der Waals surface area contributed by atoms with Crippen molar-refractivity contribution in [1.82, 2.24) is 5.32 Å². The average molecular weight is 1470 g/mol. The highest BCUT2D eigenvalue weighted by molar-refractivity contribution is 5.76. The Morgan fingerprint density at radius 2 is 0.641 bits per heavy atom. The van der Waals surface area contributed by atoms with Crippen LogP contribution >= 0.6 is 0 Å². The molecule has 17 atom stereocenters. The van der Waals surface area contributed by atoms with Gasteiger partial charge in [-0.2, -0.15) is 0 Å². The minimum atomic E-state index is -1.97. The molecule has 0 radical (unpaired) electrons. The summed E-state index contributed by atoms with van der Waals surface area (Å²) in [5, 5.41) is 121. The van der Waals surface area contributed by atoms with Gasteiger partial charge in [0, 0.05) is 6.42 Å². The van der Waals surface area contributed by atoms with Gasteiger partial charge in [0.05, 0.1) is 38.6 Å². The molecular weight excluding hydrogens is 1310 g/mol. The fourth-order valence-corrected chi connectivity index (χ4v) is 14.6. The minimum absolute atomic E-state index is 0.235. The lowest BCUT2D eigenvalue weighted by Gasteiger charge is -2.48. The maximum Gasteiger partial charge on any atom is 0.220 e. The molecule has 12 N–H and O–H groups in total. The van der Waals surface area contributed by atoms with Crippen molar-refractivity contribution in [3.05, 3.63) is 36.5 Å². The lowest BCUT2D eigenvalue weighted by molar-refractivity contribution is -0.379. The zero-order chi connectivity index (χ0) is 74.6. The minimum Gasteiger partial charge on any atom is -0.394 e. The van der Waals surface area contributed by atoms with Gasteiger partial charge in [0.1, 0.15) is 73.2 Å². The van der Waals surface area contributed by atoms with Gasteiger partial charge in [-0.3, -0.25) is 4.79 Å². The molecule has 19 nitrogen and oxygen atoms in total. The summed E-state index contributed by atoms with van der Waals surface area (Å²) in [6.07, 6.45) is 54.1. The van der Waals surface area contributed by atoms with Crippen LogP contribution in [0.4, 0.5) is 0 Å². The number of unbranched alkanes of at least 4 members (excludes halogenated alkanes) is 47. The summed E-state index contributed by atoms with van der Waals surface area (Å²) in [6.45, 7) is 1.84. The molecule has 0 aromatic heterocycles. The molecule has 17 unspecified atom stereocenters. The predicted molar refractivity (Wildman–Crippen MR) is 411 cm³/mol. The standard InChI is InChI=1S/C84H157NO18/c1-3-5-7-9-11-13-15-17-19-21-22-23-24-25-26-27-28-29-30-31-32-33-34-35-36-37-38-39-40-41-42-43-44-46-48-50-52-54-56-58-60-62-72(90)85-67(68(89)61-59-57-55-53-51-49-47-45-20-18-16-14-12-10-8-6-4-2)66-98-82-78(96)75(93)80(70(64-87)100-82)103-84-79(97)76(94)81(71(65-88)101-84)102-83-77(95)74(92)73(91)69(63-86)99-83/h15,17,21-22,24-25,67-71,73-84,86-89,91-97H,3-14,16,18-20,23,26-66H2,1-2H3,(H,85,90)/b17-15-,22-21-,25-24-. The molecule has 3 heterocycles. The highest BCUT2D eigenvalue weighted by atomic mass is 16.8. The van der Waals surface area contributed by atoms with Crippen LogP contribution in [0, 0.1) is 0 Å². The number of rotatable bonds is 69. The van der Waals surface area contributed by atoms with Gasteiger partial charge in [-0.1, -0.05) is 339 Å². The van der Waals surface area contributed by atoms with Crippen molar-refractivity contribution in [3.8, 4) is 0 Å². The van der Waals surface area contributed by atoms with Crippen molar-refractivity contribution in [2.75, 3.05) is 26.4 Å². The van der Waals surface area contributed by atoms with Gasteiger partial charge >= 0.3 is 0 Å². The molecule has 0 aliphatic carbocycles. The molecule has 606 valence electrons. The second-order valence-corrected chi connectivity index (χ2v) is 30.7. The lowest BCUT2D eigenvalue weighted by Crippen LogP contribution is -2.66. The smallest absolute Gasteiger partial charge is 0.220 e. The fraction of sp³-hybridized carbons (Fsp3) is 0.917. The first-order valence-corrected chi connectivity index (χ1v) is 42.7. The van der Waals surface area contributed by atoms with E-state index in [0.29, 0.717) is 12.8 Å². The predicted octanol–water partition coefficient (Wildman–Crippen LogP) is 15.1. The van der Waals surface area contributed by atoms with Crippen LogP contribution in [0.25, 0.3) is 0 Å². The van der Waals surface area contributed by atoms with E-state index in [1.165, 1.54) is 270 Å². The third-order valence-electron chi connectivity index (χ3n) is 21.5. The molecule has 103 heavy (non-hydrogen) atoms. The van der Waals surface area contributed by atoms with Crippen molar-refractivity contribution in [3.63, 3.8) is 0 Å². The normalized spacial score (nSPS) is 26.2. The van der Waals surface area contributed by atoms with E-state index in [2.05, 4.69) is 55.6 Å². The van der Waals surface area contributed by atoms with Crippen LogP contribution in [0.15, 0.2) is 36.5 Å². The SMILES string of the molecule is CCCCCCC/C=C\C/C=C\C/C=C\CCCCCCCCCCCCCCCCCCCCCCCCCCCCC(=O)NC(COC1OC(CO)C(OC2OC(CO)C(OC3OC(CO)C(O)C(O)C3O)C(O)C2O)C(O)C1O)C(O)CCCCCCCCCCCCCCCCCCC. The second kappa shape index (κ2) is 64.8. The maximum absolute atomic E-state index is 13.5. The van der Waals surface area contributed by atoms with Gasteiger partial charge in [0.25, 0.3) is 0 Å². The number of carbonyl (C=O) groups is 1. The number of amides is 1. The molecule has 3 aliphatic heterocycles. The Balaban J connectivity index is 1.27. The van der Waals surface area contributed by atoms with E-state index in [9.17, 15) is 61.0 Å². The summed E-state index contributed by atoms with van der Waals surface area (Å²) < 4.78 is 34.5. The Morgan fingerprint density at radius 1 is 0.350 bits per heavy atom. The largest absolute Gasteiger partial charge is 0.394 e. The Hall–Kier alpha value is -1.99. The van der Waals surface area contributed by atoms with Crippen molar-refractivity contribution in [1.29, 1.82) is 0 Å². The Bertz CT molecular complexity index is 2000. The monoisotopic (exact) mass is 1470 g/mol. The number of hydrogen-bond donors (Lipinski definition) is 12. The fourth-order valence-electron chi connectivity index (χ4n) is 14.6. The molecule has 0 spiro atoms. The van der Waals surface area contributed by atoms with E-state index in [0.717, 1.165) is 57.8 Å². The molecule has 0 saturated carbocycles. The van der Waals surface area contributed by atoms with Crippen LogP contribution in [0.5, 0.6) is 0 Å². The molecule has 0 aromatic carbocycles. The lowest BCUT2D eigenvalue weighted by atomic mass is 9.96. The molecule has 0 aromatic rings. The molecule has 1 amide bonds. The van der Waals surface area contributed by atoms with Crippen LogP contribution in [-0.4, -0.2) is 193 Å². The number of allylic oxidation sites excluding steroid dienone is 6. The van der Waals surface area contributed by atoms with Crippen LogP contribution in [0.3, 0.4) is 0 Å². The highest BCUT2D eigenvalue weighted by Gasteiger charge is 2.54. The van der Waals surface area contributed by atoms with Crippen molar-refractivity contribution < 1.29 is 89.4 Å². The van der Waals surface area contributed by atoms with Crippen molar-refractivity contribution in [2.45, 2.75) is 465 Å². The van der Waals surface area contributed by atoms with Gasteiger partial charge < -0.3 is 89.9 Å². The zero-order valence-corrected chi connectivity index (χ0v) is 65.1. The molecule has 3 saturated heterocycles. The van der Waals surface area contributed by atoms with Crippen molar-refractivity contribution >= 4 is 5.91 Å². The van der Waals surface area contributed by atoms with E-state index in [1.54, 1.807) is 0 Å². The number of ether oxygens (including phenoxy) is 6. The third kappa shape index (κ3) is 44.5. The van der Waals surface area contributed by atoms with Gasteiger partial charge in [-0.05, 0) is 51.4 Å². The summed E-state index contributed by atoms with van der Waals surface area (Å²) in [5.74, 6) is -0.235. The summed E-state index contributed by atoms with van der Waals surface area (Å²) in [5.41, 5.74) is 0. The Morgan fingerprint density at radius 3 is 1.00 bits per heavy atom. The molecule has 19 heteroatoms. The van der Waals surface area contributed by atoms with Gasteiger partial charge in [-0.15, -0.1) is 0 Å². The molecule has 3 rings (SSSR count). The van der Waals surface area contributed by atoms with E-state index >= 15 is 0 Å². The topological polar surface area (TPSA) is 307 Å². The number of hydrogen-bond acceptors (Lipinski definition) is 18. The van der Waals surface area contributed by atoms with Crippen LogP contribution in [-0.2, 0) is 33.2 Å². The molecule has 0 bridgehead atoms. The van der Waals surface area contributed by atoms with Crippen LogP contribution in [0.1, 0.15) is 361 Å². The molecule has 3 fully saturated rings.